The Balaban J connectivity index is 1.10. The second kappa shape index (κ2) is 9.39. The highest BCUT2D eigenvalue weighted by molar-refractivity contribution is 6.30. The first-order chi connectivity index (χ1) is 15.9. The van der Waals surface area contributed by atoms with E-state index in [0.717, 1.165) is 38.8 Å². The van der Waals surface area contributed by atoms with E-state index in [0.29, 0.717) is 23.9 Å². The first-order valence-electron chi connectivity index (χ1n) is 12.0. The summed E-state index contributed by atoms with van der Waals surface area (Å²) in [6.07, 6.45) is 5.38. The fourth-order valence-electron chi connectivity index (χ4n) is 5.94. The van der Waals surface area contributed by atoms with E-state index in [1.165, 1.54) is 24.6 Å². The summed E-state index contributed by atoms with van der Waals surface area (Å²) in [6, 6.07) is 4.03. The molecule has 33 heavy (non-hydrogen) atoms. The normalized spacial score (nSPS) is 35.3. The monoisotopic (exact) mass is 478 g/mol. The second-order valence-electron chi connectivity index (χ2n) is 10.3. The van der Waals surface area contributed by atoms with Crippen molar-refractivity contribution in [1.29, 1.82) is 0 Å². The van der Waals surface area contributed by atoms with Crippen molar-refractivity contribution in [2.45, 2.75) is 63.3 Å². The van der Waals surface area contributed by atoms with E-state index in [2.05, 4.69) is 27.8 Å². The van der Waals surface area contributed by atoms with Crippen LogP contribution in [0.2, 0.25) is 5.02 Å². The number of rotatable bonds is 6. The van der Waals surface area contributed by atoms with E-state index < -0.39 is 5.82 Å². The number of nitrogens with zero attached hydrogens (tertiary/aromatic N) is 1. The molecule has 5 atom stereocenters. The van der Waals surface area contributed by atoms with Gasteiger partial charge in [-0.2, -0.15) is 0 Å². The van der Waals surface area contributed by atoms with E-state index in [-0.39, 0.29) is 47.3 Å². The lowest BCUT2D eigenvalue weighted by Gasteiger charge is -2.51. The van der Waals surface area contributed by atoms with Crippen LogP contribution in [0.1, 0.15) is 39.0 Å². The number of fused-ring (bicyclic) bond motifs is 3. The molecule has 2 saturated heterocycles. The average Bonchev–Trinajstić information content (AvgIpc) is 3.17. The molecule has 2 aliphatic heterocycles. The topological polar surface area (TPSA) is 82.7 Å². The van der Waals surface area contributed by atoms with Gasteiger partial charge in [-0.05, 0) is 62.0 Å². The molecule has 3 unspecified atom stereocenters. The summed E-state index contributed by atoms with van der Waals surface area (Å²) in [6.45, 7) is 3.90. The van der Waals surface area contributed by atoms with Gasteiger partial charge in [0.2, 0.25) is 5.91 Å². The molecule has 2 bridgehead atoms. The van der Waals surface area contributed by atoms with Crippen LogP contribution in [-0.2, 0) is 9.59 Å². The van der Waals surface area contributed by atoms with Crippen molar-refractivity contribution in [3.05, 3.63) is 29.0 Å². The van der Waals surface area contributed by atoms with Gasteiger partial charge in [-0.3, -0.25) is 19.8 Å². The molecule has 3 N–H and O–H groups in total. The Morgan fingerprint density at radius 1 is 1.15 bits per heavy atom. The lowest BCUT2D eigenvalue weighted by atomic mass is 9.60. The molecule has 2 amide bonds. The Kier molecular flexibility index (Phi) is 6.51. The molecule has 2 heterocycles. The second-order valence-corrected chi connectivity index (χ2v) is 10.7. The third-order valence-electron chi connectivity index (χ3n) is 7.84. The van der Waals surface area contributed by atoms with Gasteiger partial charge in [0.05, 0.1) is 11.2 Å². The maximum absolute atomic E-state index is 13.5. The predicted octanol–water partition coefficient (Wildman–Crippen LogP) is 2.29. The summed E-state index contributed by atoms with van der Waals surface area (Å²) >= 11 is 5.68. The van der Waals surface area contributed by atoms with Crippen molar-refractivity contribution in [3.63, 3.8) is 0 Å². The number of amides is 2. The maximum atomic E-state index is 13.5. The van der Waals surface area contributed by atoms with Crippen LogP contribution in [0.15, 0.2) is 18.2 Å². The van der Waals surface area contributed by atoms with E-state index in [4.69, 9.17) is 16.3 Å². The molecule has 0 aromatic heterocycles. The Morgan fingerprint density at radius 3 is 2.67 bits per heavy atom. The molecule has 3 saturated carbocycles. The number of ether oxygens (including phenoxy) is 1. The lowest BCUT2D eigenvalue weighted by molar-refractivity contribution is -0.127. The van der Waals surface area contributed by atoms with Gasteiger partial charge in [0.25, 0.3) is 5.91 Å². The third-order valence-corrected chi connectivity index (χ3v) is 8.15. The summed E-state index contributed by atoms with van der Waals surface area (Å²) in [5, 5.41) is 9.86. The van der Waals surface area contributed by atoms with Crippen LogP contribution in [0.4, 0.5) is 4.39 Å². The van der Waals surface area contributed by atoms with Crippen LogP contribution < -0.4 is 20.7 Å². The molecule has 7 nitrogen and oxygen atoms in total. The van der Waals surface area contributed by atoms with E-state index in [1.807, 2.05) is 0 Å². The average molecular weight is 479 g/mol. The van der Waals surface area contributed by atoms with Crippen molar-refractivity contribution in [2.24, 2.45) is 17.8 Å². The highest BCUT2D eigenvalue weighted by Crippen LogP contribution is 2.45. The van der Waals surface area contributed by atoms with Crippen LogP contribution in [-0.4, -0.2) is 60.7 Å². The number of halogens is 2. The molecule has 9 heteroatoms. The number of hydrogen-bond donors (Lipinski definition) is 3. The minimum absolute atomic E-state index is 0.0138. The zero-order valence-electron chi connectivity index (χ0n) is 18.9. The van der Waals surface area contributed by atoms with E-state index >= 15 is 0 Å². The van der Waals surface area contributed by atoms with Crippen LogP contribution >= 0.6 is 11.6 Å². The maximum Gasteiger partial charge on any atom is 0.258 e. The van der Waals surface area contributed by atoms with E-state index in [9.17, 15) is 14.0 Å². The Bertz CT molecular complexity index is 912. The Labute approximate surface area is 198 Å². The highest BCUT2D eigenvalue weighted by atomic mass is 35.5. The molecule has 0 radical (unpaired) electrons. The molecule has 3 aliphatic carbocycles. The van der Waals surface area contributed by atoms with Crippen molar-refractivity contribution in [3.8, 4) is 5.75 Å². The zero-order valence-corrected chi connectivity index (χ0v) is 19.6. The summed E-state index contributed by atoms with van der Waals surface area (Å²) in [4.78, 5) is 27.8. The molecule has 6 rings (SSSR count). The van der Waals surface area contributed by atoms with Gasteiger partial charge in [0.15, 0.2) is 6.61 Å². The molecule has 180 valence electrons. The fraction of sp³-hybridized carbons (Fsp3) is 0.667. The molecule has 0 spiro atoms. The quantitative estimate of drug-likeness (QED) is 0.584. The molecule has 5 fully saturated rings. The summed E-state index contributed by atoms with van der Waals surface area (Å²) in [5.74, 6) is 1.13. The highest BCUT2D eigenvalue weighted by Gasteiger charge is 2.48. The van der Waals surface area contributed by atoms with Crippen molar-refractivity contribution >= 4 is 23.4 Å². The summed E-state index contributed by atoms with van der Waals surface area (Å²) < 4.78 is 19.0. The largest absolute Gasteiger partial charge is 0.484 e. The van der Waals surface area contributed by atoms with Gasteiger partial charge in [-0.1, -0.05) is 18.5 Å². The van der Waals surface area contributed by atoms with Gasteiger partial charge in [0, 0.05) is 31.2 Å². The Morgan fingerprint density at radius 2 is 1.91 bits per heavy atom. The number of carbonyl (C=O) groups is 2. The standard InChI is InChI=1S/C24H32ClFN4O3/c1-13-2-5-22-27-21(11-30(22)10-13)24(32)29-20-9-19(14-6-15(20)7-14)28-23(31)12-33-16-3-4-17(25)18(26)8-16/h3-4,8,13-15,19-22,27H,2,5-7,9-12H2,1H3,(H,28,31)(H,29,32)/t13?,14?,15?,19-,20+,21?,22?/m0/s1. The van der Waals surface area contributed by atoms with Crippen LogP contribution in [0, 0.1) is 23.6 Å². The predicted molar refractivity (Wildman–Crippen MR) is 122 cm³/mol. The molecule has 1 aromatic carbocycles. The van der Waals surface area contributed by atoms with Crippen LogP contribution in [0.25, 0.3) is 0 Å². The number of piperidine rings is 1. The van der Waals surface area contributed by atoms with Crippen molar-refractivity contribution in [2.75, 3.05) is 19.7 Å². The first-order valence-corrected chi connectivity index (χ1v) is 12.4. The Hall–Kier alpha value is -1.90. The SMILES string of the molecule is CC1CCC2NC(C(=O)N[C@@H]3C[C@H](NC(=O)COc4ccc(Cl)c(F)c4)C4CC3C4)CN2C1. The number of carbonyl (C=O) groups excluding carboxylic acids is 2. The van der Waals surface area contributed by atoms with Crippen molar-refractivity contribution < 1.29 is 18.7 Å². The van der Waals surface area contributed by atoms with Gasteiger partial charge >= 0.3 is 0 Å². The van der Waals surface area contributed by atoms with E-state index in [1.54, 1.807) is 0 Å². The molecular weight excluding hydrogens is 447 g/mol. The number of nitrogens with one attached hydrogen (secondary N) is 3. The van der Waals surface area contributed by atoms with Gasteiger partial charge < -0.3 is 15.4 Å². The minimum atomic E-state index is -0.580. The summed E-state index contributed by atoms with van der Waals surface area (Å²) in [7, 11) is 0. The van der Waals surface area contributed by atoms with Crippen LogP contribution in [0.5, 0.6) is 5.75 Å². The molecular formula is C24H32ClFN4O3. The first kappa shape index (κ1) is 22.9. The molecule has 1 aromatic rings. The van der Waals surface area contributed by atoms with Gasteiger partial charge in [-0.15, -0.1) is 0 Å². The lowest BCUT2D eigenvalue weighted by Crippen LogP contribution is -2.61. The molecule has 5 aliphatic rings. The van der Waals surface area contributed by atoms with Gasteiger partial charge in [0.1, 0.15) is 17.6 Å². The minimum Gasteiger partial charge on any atom is -0.484 e. The smallest absolute Gasteiger partial charge is 0.258 e. The zero-order chi connectivity index (χ0) is 23.1. The van der Waals surface area contributed by atoms with Crippen molar-refractivity contribution in [1.82, 2.24) is 20.9 Å². The number of benzene rings is 1. The number of hydrogen-bond acceptors (Lipinski definition) is 5. The third kappa shape index (κ3) is 4.98. The summed E-state index contributed by atoms with van der Waals surface area (Å²) in [5.41, 5.74) is 0. The van der Waals surface area contributed by atoms with Gasteiger partial charge in [-0.25, -0.2) is 4.39 Å². The fourth-order valence-corrected chi connectivity index (χ4v) is 6.06. The van der Waals surface area contributed by atoms with Crippen LogP contribution in [0.3, 0.4) is 0 Å².